The number of rotatable bonds is 21. The topological polar surface area (TPSA) is 205 Å². The highest BCUT2D eigenvalue weighted by Crippen LogP contribution is 2.29. The van der Waals surface area contributed by atoms with Gasteiger partial charge in [-0.05, 0) is 59.7 Å². The summed E-state index contributed by atoms with van der Waals surface area (Å²) in [6, 6.07) is 18.7. The lowest BCUT2D eigenvalue weighted by Crippen LogP contribution is -2.54. The van der Waals surface area contributed by atoms with Gasteiger partial charge in [-0.2, -0.15) is 0 Å². The molecule has 0 spiro atoms. The Labute approximate surface area is 400 Å². The number of aliphatic hydroxyl groups is 1. The average Bonchev–Trinajstić information content (AvgIpc) is 4.18. The number of carbonyl (C=O) groups excluding carboxylic acids is 3. The van der Waals surface area contributed by atoms with Crippen molar-refractivity contribution >= 4 is 46.2 Å². The molecule has 6 heterocycles. The number of ether oxygens (including phenoxy) is 2. The van der Waals surface area contributed by atoms with E-state index in [1.807, 2.05) is 80.2 Å². The van der Waals surface area contributed by atoms with Crippen molar-refractivity contribution in [3.8, 4) is 21.6 Å². The number of benzene rings is 2. The molecule has 8 rings (SSSR count). The summed E-state index contributed by atoms with van der Waals surface area (Å²) in [5, 5.41) is 28.2. The Morgan fingerprint density at radius 1 is 0.941 bits per heavy atom. The van der Waals surface area contributed by atoms with Gasteiger partial charge in [0, 0.05) is 63.3 Å². The van der Waals surface area contributed by atoms with E-state index in [4.69, 9.17) is 13.9 Å². The lowest BCUT2D eigenvalue weighted by atomic mass is 9.83. The third-order valence-electron chi connectivity index (χ3n) is 12.4. The van der Waals surface area contributed by atoms with E-state index >= 15 is 0 Å². The molecule has 19 heteroatoms. The number of furan rings is 1. The van der Waals surface area contributed by atoms with Crippen LogP contribution < -0.4 is 20.9 Å². The number of nitrogens with one attached hydrogen (secondary N) is 3. The highest BCUT2D eigenvalue weighted by Gasteiger charge is 2.40. The molecule has 0 unspecified atom stereocenters. The van der Waals surface area contributed by atoms with Gasteiger partial charge in [0.25, 0.3) is 0 Å². The number of anilines is 2. The molecule has 4 N–H and O–H groups in total. The minimum absolute atomic E-state index is 0.0907. The van der Waals surface area contributed by atoms with Gasteiger partial charge in [0.15, 0.2) is 11.4 Å². The molecule has 3 atom stereocenters. The Kier molecular flexibility index (Phi) is 15.9. The lowest BCUT2D eigenvalue weighted by Gasteiger charge is -2.36. The van der Waals surface area contributed by atoms with E-state index in [0.717, 1.165) is 77.0 Å². The van der Waals surface area contributed by atoms with Crippen molar-refractivity contribution in [2.45, 2.75) is 65.4 Å². The summed E-state index contributed by atoms with van der Waals surface area (Å²) in [4.78, 5) is 56.7. The number of amides is 2. The second-order valence-electron chi connectivity index (χ2n) is 18.3. The number of hydrogen-bond acceptors (Lipinski definition) is 16. The summed E-state index contributed by atoms with van der Waals surface area (Å²) in [5.41, 5.74) is 7.97. The molecule has 0 bridgehead atoms. The van der Waals surface area contributed by atoms with E-state index in [2.05, 4.69) is 70.2 Å². The molecule has 2 aliphatic rings. The number of fused-ring (bicyclic) bond motifs is 1. The van der Waals surface area contributed by atoms with Crippen LogP contribution in [0.5, 0.6) is 0 Å². The zero-order valence-corrected chi connectivity index (χ0v) is 39.9. The van der Waals surface area contributed by atoms with Crippen molar-refractivity contribution in [2.75, 3.05) is 82.5 Å². The van der Waals surface area contributed by atoms with Gasteiger partial charge in [-0.1, -0.05) is 57.2 Å². The Bertz CT molecular complexity index is 2590. The first kappa shape index (κ1) is 48.4. The highest BCUT2D eigenvalue weighted by atomic mass is 32.1. The molecular weight excluding hydrogens is 887 g/mol. The average molecular weight is 948 g/mol. The number of likely N-dealkylation sites (tertiary alicyclic amines) is 1. The number of nitrogens with zero attached hydrogens (tertiary/aromatic N) is 8. The first-order valence-corrected chi connectivity index (χ1v) is 24.0. The Morgan fingerprint density at radius 3 is 2.43 bits per heavy atom. The van der Waals surface area contributed by atoms with Crippen LogP contribution in [0.25, 0.3) is 27.2 Å². The van der Waals surface area contributed by atoms with Crippen molar-refractivity contribution in [2.24, 2.45) is 5.41 Å². The molecule has 360 valence electrons. The van der Waals surface area contributed by atoms with Gasteiger partial charge in [0.2, 0.25) is 17.8 Å². The number of aromatic nitrogens is 5. The van der Waals surface area contributed by atoms with Crippen LogP contribution in [-0.4, -0.2) is 147 Å². The lowest BCUT2D eigenvalue weighted by molar-refractivity contribution is -0.134. The van der Waals surface area contributed by atoms with Gasteiger partial charge in [0.1, 0.15) is 18.7 Å². The van der Waals surface area contributed by atoms with E-state index < -0.39 is 29.5 Å². The first-order chi connectivity index (χ1) is 32.9. The van der Waals surface area contributed by atoms with Crippen molar-refractivity contribution in [3.63, 3.8) is 0 Å². The van der Waals surface area contributed by atoms with E-state index in [1.165, 1.54) is 0 Å². The summed E-state index contributed by atoms with van der Waals surface area (Å²) >= 11 is 1.59. The van der Waals surface area contributed by atoms with Crippen LogP contribution in [0.2, 0.25) is 0 Å². The Hall–Kier alpha value is -6.09. The fourth-order valence-electron chi connectivity index (χ4n) is 8.65. The molecule has 2 aliphatic heterocycles. The summed E-state index contributed by atoms with van der Waals surface area (Å²) < 4.78 is 18.7. The number of β-amino-alcohol motifs (C(OH)–C–C–N with tert-alkyl or cyclic N) is 1. The maximum Gasteiger partial charge on any atom is 0.246 e. The molecule has 0 radical (unpaired) electrons. The third kappa shape index (κ3) is 12.3. The fraction of sp³-hybridized carbons (Fsp3) is 0.449. The quantitative estimate of drug-likeness (QED) is 0.0737. The van der Waals surface area contributed by atoms with Gasteiger partial charge in [-0.3, -0.25) is 28.6 Å². The van der Waals surface area contributed by atoms with Crippen LogP contribution in [0, 0.1) is 12.3 Å². The molecule has 0 aliphatic carbocycles. The number of Topliss-reactive ketones (excluding diaryl/α,β-unsaturated/α-hetero) is 1. The smallest absolute Gasteiger partial charge is 0.246 e. The monoisotopic (exact) mass is 947 g/mol. The zero-order chi connectivity index (χ0) is 47.6. The van der Waals surface area contributed by atoms with Crippen molar-refractivity contribution in [1.29, 1.82) is 0 Å². The van der Waals surface area contributed by atoms with Gasteiger partial charge in [-0.15, -0.1) is 21.5 Å². The number of piperazine rings is 1. The van der Waals surface area contributed by atoms with E-state index in [1.54, 1.807) is 28.8 Å². The SMILES string of the molecule is Cc1ncsc1-c1ccc(CNC(=O)[C@@H]2C[C@@H](O)CN2CC(=O)[C@@H](NC(=O)COCCOCCN2CCN(c3ccc(-c4cnc(NCc5ccco5)n5cnnc45)cc3)CC2)C(C)(C)C)cc1. The number of hydrogen-bond donors (Lipinski definition) is 4. The molecule has 6 aromatic rings. The van der Waals surface area contributed by atoms with Crippen molar-refractivity contribution in [3.05, 3.63) is 102 Å². The summed E-state index contributed by atoms with van der Waals surface area (Å²) in [5.74, 6) is 0.532. The number of ketones is 1. The summed E-state index contributed by atoms with van der Waals surface area (Å²) in [6.45, 7) is 13.8. The minimum atomic E-state index is -0.828. The second kappa shape index (κ2) is 22.3. The van der Waals surface area contributed by atoms with Crippen LogP contribution in [0.3, 0.4) is 0 Å². The van der Waals surface area contributed by atoms with E-state index in [-0.39, 0.29) is 44.4 Å². The van der Waals surface area contributed by atoms with Crippen molar-refractivity contribution < 1.29 is 33.4 Å². The molecule has 18 nitrogen and oxygen atoms in total. The first-order valence-electron chi connectivity index (χ1n) is 23.1. The third-order valence-corrected chi connectivity index (χ3v) is 13.3. The number of aryl methyl sites for hydroxylation is 1. The van der Waals surface area contributed by atoms with Gasteiger partial charge >= 0.3 is 0 Å². The zero-order valence-electron chi connectivity index (χ0n) is 39.1. The van der Waals surface area contributed by atoms with Crippen LogP contribution in [0.15, 0.2) is 89.4 Å². The minimum Gasteiger partial charge on any atom is -0.467 e. The molecule has 0 saturated carbocycles. The maximum atomic E-state index is 13.7. The maximum absolute atomic E-state index is 13.7. The van der Waals surface area contributed by atoms with Gasteiger partial charge in [-0.25, -0.2) is 9.97 Å². The Balaban J connectivity index is 0.709. The summed E-state index contributed by atoms with van der Waals surface area (Å²) in [7, 11) is 0. The molecule has 2 amide bonds. The number of carbonyl (C=O) groups is 3. The fourth-order valence-corrected chi connectivity index (χ4v) is 9.47. The Morgan fingerprint density at radius 2 is 1.71 bits per heavy atom. The molecular formula is C49H61N11O7S. The molecule has 2 aromatic carbocycles. The van der Waals surface area contributed by atoms with E-state index in [0.29, 0.717) is 37.9 Å². The molecule has 2 saturated heterocycles. The normalized spacial score (nSPS) is 17.4. The number of aliphatic hydroxyl groups excluding tert-OH is 1. The largest absolute Gasteiger partial charge is 0.467 e. The standard InChI is InChI=1S/C49H61N11O7S/c1-33-44(68-32-53-33)36-9-7-34(8-10-36)25-50-47(64)41-24-38(61)28-59(41)29-42(62)45(49(2,3)4)55-43(63)30-66-23-22-65-21-19-57-15-17-58(18-16-57)37-13-11-35(12-14-37)40-27-52-48(60-31-54-56-46(40)60)51-26-39-6-5-20-67-39/h5-14,20,27,31-32,38,41,45,61H,15-19,21-26,28-30H2,1-4H3,(H,50,64)(H,51,52)(H,55,63)/t38-,41+,45-/m1/s1. The van der Waals surface area contributed by atoms with Gasteiger partial charge < -0.3 is 39.8 Å². The van der Waals surface area contributed by atoms with Crippen LogP contribution in [0.1, 0.15) is 44.2 Å². The highest BCUT2D eigenvalue weighted by molar-refractivity contribution is 7.13. The number of thiazole rings is 1. The molecule has 2 fully saturated rings. The predicted molar refractivity (Wildman–Crippen MR) is 259 cm³/mol. The predicted octanol–water partition coefficient (Wildman–Crippen LogP) is 4.44. The van der Waals surface area contributed by atoms with Crippen molar-refractivity contribution in [1.82, 2.24) is 45.0 Å². The van der Waals surface area contributed by atoms with Crippen LogP contribution in [0.4, 0.5) is 11.6 Å². The second-order valence-corrected chi connectivity index (χ2v) is 19.2. The summed E-state index contributed by atoms with van der Waals surface area (Å²) in [6.07, 6.45) is 4.59. The molecule has 4 aromatic heterocycles. The van der Waals surface area contributed by atoms with Crippen LogP contribution in [-0.2, 0) is 36.9 Å². The van der Waals surface area contributed by atoms with Crippen LogP contribution >= 0.6 is 11.3 Å². The van der Waals surface area contributed by atoms with E-state index in [9.17, 15) is 19.5 Å². The van der Waals surface area contributed by atoms with Gasteiger partial charge in [0.05, 0.1) is 73.4 Å². The molecule has 68 heavy (non-hydrogen) atoms.